The number of alkyl carbamates (subject to hydrolysis) is 1. The topological polar surface area (TPSA) is 128 Å². The maximum absolute atomic E-state index is 12.6. The number of amides is 3. The van der Waals surface area contributed by atoms with Crippen molar-refractivity contribution in [2.24, 2.45) is 11.7 Å². The zero-order valence-corrected chi connectivity index (χ0v) is 17.3. The molecule has 1 rings (SSSR count). The molecule has 0 spiro atoms. The molecule has 8 nitrogen and oxygen atoms in total. The number of hydrogen-bond acceptors (Lipinski definition) is 5. The van der Waals surface area contributed by atoms with E-state index in [9.17, 15) is 19.2 Å². The van der Waals surface area contributed by atoms with Gasteiger partial charge in [-0.05, 0) is 24.3 Å². The smallest absolute Gasteiger partial charge is 0.408 e. The van der Waals surface area contributed by atoms with Crippen LogP contribution in [0.25, 0.3) is 0 Å². The van der Waals surface area contributed by atoms with Gasteiger partial charge in [-0.25, -0.2) is 4.79 Å². The molecule has 3 amide bonds. The van der Waals surface area contributed by atoms with Crippen LogP contribution < -0.4 is 16.4 Å². The Kier molecular flexibility index (Phi) is 10.4. The molecule has 0 heterocycles. The second-order valence-corrected chi connectivity index (χ2v) is 7.28. The number of Topliss-reactive ketones (excluding diaryl/α,β-unsaturated/α-hetero) is 1. The van der Waals surface area contributed by atoms with Gasteiger partial charge in [-0.1, -0.05) is 51.1 Å². The summed E-state index contributed by atoms with van der Waals surface area (Å²) in [5.41, 5.74) is 6.17. The summed E-state index contributed by atoms with van der Waals surface area (Å²) in [6, 6.07) is 7.30. The molecule has 0 aromatic heterocycles. The number of hydrogen-bond donors (Lipinski definition) is 3. The van der Waals surface area contributed by atoms with E-state index in [-0.39, 0.29) is 31.1 Å². The molecule has 1 aromatic carbocycles. The van der Waals surface area contributed by atoms with Gasteiger partial charge in [0.15, 0.2) is 0 Å². The molecule has 0 aliphatic heterocycles. The Morgan fingerprint density at radius 2 is 1.69 bits per heavy atom. The molecule has 0 fully saturated rings. The van der Waals surface area contributed by atoms with Gasteiger partial charge >= 0.3 is 6.09 Å². The van der Waals surface area contributed by atoms with Gasteiger partial charge in [0.2, 0.25) is 11.8 Å². The van der Waals surface area contributed by atoms with Crippen LogP contribution in [0, 0.1) is 5.92 Å². The third kappa shape index (κ3) is 9.73. The number of nitrogens with one attached hydrogen (secondary N) is 2. The second kappa shape index (κ2) is 12.5. The van der Waals surface area contributed by atoms with Crippen LogP contribution in [0.15, 0.2) is 30.3 Å². The Hall–Kier alpha value is -2.90. The van der Waals surface area contributed by atoms with E-state index < -0.39 is 30.0 Å². The highest BCUT2D eigenvalue weighted by molar-refractivity contribution is 5.91. The summed E-state index contributed by atoms with van der Waals surface area (Å²) in [4.78, 5) is 47.9. The molecule has 0 aliphatic carbocycles. The lowest BCUT2D eigenvalue weighted by molar-refractivity contribution is -0.129. The van der Waals surface area contributed by atoms with E-state index in [4.69, 9.17) is 10.5 Å². The first-order chi connectivity index (χ1) is 13.7. The molecule has 29 heavy (non-hydrogen) atoms. The van der Waals surface area contributed by atoms with Crippen LogP contribution in [-0.4, -0.2) is 35.8 Å². The fourth-order valence-electron chi connectivity index (χ4n) is 2.65. The molecule has 0 unspecified atom stereocenters. The average molecular weight is 405 g/mol. The molecule has 160 valence electrons. The fourth-order valence-corrected chi connectivity index (χ4v) is 2.65. The quantitative estimate of drug-likeness (QED) is 0.490. The van der Waals surface area contributed by atoms with Crippen LogP contribution in [0.5, 0.6) is 0 Å². The van der Waals surface area contributed by atoms with Crippen LogP contribution >= 0.6 is 0 Å². The highest BCUT2D eigenvalue weighted by Crippen LogP contribution is 2.08. The lowest BCUT2D eigenvalue weighted by Crippen LogP contribution is -2.53. The van der Waals surface area contributed by atoms with Crippen LogP contribution in [0.3, 0.4) is 0 Å². The Morgan fingerprint density at radius 3 is 2.24 bits per heavy atom. The van der Waals surface area contributed by atoms with Crippen LogP contribution in [-0.2, 0) is 25.7 Å². The number of ketones is 1. The minimum Gasteiger partial charge on any atom is -0.445 e. The van der Waals surface area contributed by atoms with E-state index >= 15 is 0 Å². The number of rotatable bonds is 12. The average Bonchev–Trinajstić information content (AvgIpc) is 2.68. The van der Waals surface area contributed by atoms with Crippen molar-refractivity contribution >= 4 is 23.7 Å². The van der Waals surface area contributed by atoms with Gasteiger partial charge in [-0.15, -0.1) is 0 Å². The van der Waals surface area contributed by atoms with Crippen molar-refractivity contribution in [1.29, 1.82) is 0 Å². The molecule has 1 aromatic rings. The summed E-state index contributed by atoms with van der Waals surface area (Å²) in [5.74, 6) is -1.18. The molecule has 0 bridgehead atoms. The van der Waals surface area contributed by atoms with Crippen molar-refractivity contribution in [2.75, 3.05) is 0 Å². The molecule has 0 aliphatic rings. The van der Waals surface area contributed by atoms with Gasteiger partial charge in [0.05, 0.1) is 0 Å². The Bertz CT molecular complexity index is 691. The number of benzene rings is 1. The molecular formula is C21H31N3O5. The summed E-state index contributed by atoms with van der Waals surface area (Å²) in [6.07, 6.45) is 0.244. The maximum Gasteiger partial charge on any atom is 0.408 e. The van der Waals surface area contributed by atoms with Crippen LogP contribution in [0.4, 0.5) is 4.79 Å². The Balaban J connectivity index is 2.68. The number of primary amides is 1. The molecule has 0 saturated carbocycles. The first kappa shape index (κ1) is 24.1. The molecular weight excluding hydrogens is 374 g/mol. The second-order valence-electron chi connectivity index (χ2n) is 7.28. The van der Waals surface area contributed by atoms with Gasteiger partial charge in [-0.2, -0.15) is 0 Å². The van der Waals surface area contributed by atoms with E-state index in [1.165, 1.54) is 0 Å². The van der Waals surface area contributed by atoms with Gasteiger partial charge in [-0.3, -0.25) is 14.4 Å². The van der Waals surface area contributed by atoms with Crippen molar-refractivity contribution < 1.29 is 23.9 Å². The highest BCUT2D eigenvalue weighted by Gasteiger charge is 2.27. The van der Waals surface area contributed by atoms with E-state index in [1.54, 1.807) is 6.92 Å². The SMILES string of the molecule is CCC(=O)CC[C@H](NC(=O)[C@H](CC(C)C)NC(=O)OCc1ccccc1)C(N)=O. The van der Waals surface area contributed by atoms with Crippen LogP contribution in [0.2, 0.25) is 0 Å². The zero-order chi connectivity index (χ0) is 21.8. The van der Waals surface area contributed by atoms with E-state index in [0.29, 0.717) is 12.8 Å². The van der Waals surface area contributed by atoms with Crippen LogP contribution in [0.1, 0.15) is 52.0 Å². The van der Waals surface area contributed by atoms with Crippen molar-refractivity contribution in [3.8, 4) is 0 Å². The minimum absolute atomic E-state index is 0.0214. The standard InChI is InChI=1S/C21H31N3O5/c1-4-16(25)10-11-17(19(22)26)23-20(27)18(12-14(2)3)24-21(28)29-13-15-8-6-5-7-9-15/h5-9,14,17-18H,4,10-13H2,1-3H3,(H2,22,26)(H,23,27)(H,24,28)/t17-,18-/m0/s1. The number of nitrogens with two attached hydrogens (primary N) is 1. The number of ether oxygens (including phenoxy) is 1. The Labute approximate surface area is 171 Å². The summed E-state index contributed by atoms with van der Waals surface area (Å²) in [6.45, 7) is 5.61. The monoisotopic (exact) mass is 405 g/mol. The summed E-state index contributed by atoms with van der Waals surface area (Å²) in [5, 5.41) is 5.09. The van der Waals surface area contributed by atoms with Crippen molar-refractivity contribution in [3.05, 3.63) is 35.9 Å². The molecule has 4 N–H and O–H groups in total. The van der Waals surface area contributed by atoms with Gasteiger partial charge < -0.3 is 21.1 Å². The summed E-state index contributed by atoms with van der Waals surface area (Å²) >= 11 is 0. The highest BCUT2D eigenvalue weighted by atomic mass is 16.5. The summed E-state index contributed by atoms with van der Waals surface area (Å²) < 4.78 is 5.17. The van der Waals surface area contributed by atoms with E-state index in [1.807, 2.05) is 44.2 Å². The molecule has 0 saturated heterocycles. The number of carbonyl (C=O) groups excluding carboxylic acids is 4. The third-order valence-corrected chi connectivity index (χ3v) is 4.29. The lowest BCUT2D eigenvalue weighted by atomic mass is 10.0. The molecule has 8 heteroatoms. The zero-order valence-electron chi connectivity index (χ0n) is 17.3. The van der Waals surface area contributed by atoms with Crippen molar-refractivity contribution in [1.82, 2.24) is 10.6 Å². The van der Waals surface area contributed by atoms with Gasteiger partial charge in [0.1, 0.15) is 24.5 Å². The largest absolute Gasteiger partial charge is 0.445 e. The van der Waals surface area contributed by atoms with E-state index in [0.717, 1.165) is 5.56 Å². The predicted octanol–water partition coefficient (Wildman–Crippen LogP) is 2.06. The van der Waals surface area contributed by atoms with Crippen molar-refractivity contribution in [2.45, 2.75) is 65.1 Å². The van der Waals surface area contributed by atoms with Gasteiger partial charge in [0.25, 0.3) is 0 Å². The predicted molar refractivity (Wildman–Crippen MR) is 109 cm³/mol. The fraction of sp³-hybridized carbons (Fsp3) is 0.524. The normalized spacial score (nSPS) is 12.7. The first-order valence-corrected chi connectivity index (χ1v) is 9.81. The first-order valence-electron chi connectivity index (χ1n) is 9.81. The maximum atomic E-state index is 12.6. The lowest BCUT2D eigenvalue weighted by Gasteiger charge is -2.23. The molecule has 0 radical (unpaired) electrons. The summed E-state index contributed by atoms with van der Waals surface area (Å²) in [7, 11) is 0. The van der Waals surface area contributed by atoms with Gasteiger partial charge in [0, 0.05) is 12.8 Å². The minimum atomic E-state index is -0.977. The molecule has 2 atom stereocenters. The number of carbonyl (C=O) groups is 4. The van der Waals surface area contributed by atoms with E-state index in [2.05, 4.69) is 10.6 Å². The van der Waals surface area contributed by atoms with Crippen molar-refractivity contribution in [3.63, 3.8) is 0 Å². The Morgan fingerprint density at radius 1 is 1.03 bits per heavy atom. The third-order valence-electron chi connectivity index (χ3n) is 4.29.